The summed E-state index contributed by atoms with van der Waals surface area (Å²) in [7, 11) is 0. The van der Waals surface area contributed by atoms with Crippen molar-refractivity contribution in [2.24, 2.45) is 0 Å². The lowest BCUT2D eigenvalue weighted by molar-refractivity contribution is 0.0604. The molecule has 1 atom stereocenters. The summed E-state index contributed by atoms with van der Waals surface area (Å²) in [5, 5.41) is 20.6. The van der Waals surface area contributed by atoms with Gasteiger partial charge in [-0.2, -0.15) is 5.10 Å². The fourth-order valence-corrected chi connectivity index (χ4v) is 3.47. The third-order valence-corrected chi connectivity index (χ3v) is 5.02. The average Bonchev–Trinajstić information content (AvgIpc) is 3.01. The van der Waals surface area contributed by atoms with Gasteiger partial charge in [-0.25, -0.2) is 0 Å². The second-order valence-electron chi connectivity index (χ2n) is 7.09. The minimum Gasteiger partial charge on any atom is -0.383 e. The van der Waals surface area contributed by atoms with Crippen LogP contribution in [0, 0.1) is 13.8 Å². The smallest absolute Gasteiger partial charge is 0.108 e. The molecule has 2 aromatic heterocycles. The van der Waals surface area contributed by atoms with Crippen molar-refractivity contribution in [3.05, 3.63) is 39.3 Å². The van der Waals surface area contributed by atoms with Crippen LogP contribution >= 0.6 is 11.3 Å². The lowest BCUT2D eigenvalue weighted by Gasteiger charge is -2.23. The predicted octanol–water partition coefficient (Wildman–Crippen LogP) is 3.31. The Morgan fingerprint density at radius 2 is 1.95 bits per heavy atom. The van der Waals surface area contributed by atoms with E-state index < -0.39 is 5.60 Å². The van der Waals surface area contributed by atoms with E-state index in [2.05, 4.69) is 42.8 Å². The maximum Gasteiger partial charge on any atom is 0.108 e. The number of aryl methyl sites for hydroxylation is 1. The Morgan fingerprint density at radius 3 is 2.45 bits per heavy atom. The van der Waals surface area contributed by atoms with Crippen LogP contribution in [0.5, 0.6) is 0 Å². The van der Waals surface area contributed by atoms with Gasteiger partial charge < -0.3 is 10.4 Å². The van der Waals surface area contributed by atoms with E-state index in [-0.39, 0.29) is 5.54 Å². The van der Waals surface area contributed by atoms with Gasteiger partial charge in [-0.05, 0) is 53.0 Å². The molecule has 2 heterocycles. The second kappa shape index (κ2) is 6.14. The van der Waals surface area contributed by atoms with E-state index in [4.69, 9.17) is 0 Å². The summed E-state index contributed by atoms with van der Waals surface area (Å²) < 4.78 is 2.08. The SMILES string of the molecule is Cc1nn(C(C)(C)C)c(C)c1CNCC(C)(O)c1cccs1. The molecule has 0 aliphatic rings. The number of hydrogen-bond donors (Lipinski definition) is 2. The van der Waals surface area contributed by atoms with Crippen LogP contribution in [0.3, 0.4) is 0 Å². The summed E-state index contributed by atoms with van der Waals surface area (Å²) in [5.41, 5.74) is 2.60. The molecule has 0 fully saturated rings. The maximum absolute atomic E-state index is 10.6. The van der Waals surface area contributed by atoms with Gasteiger partial charge in [0.1, 0.15) is 5.60 Å². The summed E-state index contributed by atoms with van der Waals surface area (Å²) in [4.78, 5) is 0.985. The Hall–Kier alpha value is -1.17. The monoisotopic (exact) mass is 321 g/mol. The molecule has 122 valence electrons. The molecule has 2 aromatic rings. The topological polar surface area (TPSA) is 50.1 Å². The first-order valence-electron chi connectivity index (χ1n) is 7.65. The molecule has 0 saturated heterocycles. The minimum absolute atomic E-state index is 0.0183. The Balaban J connectivity index is 2.05. The number of nitrogens with one attached hydrogen (secondary N) is 1. The molecule has 0 aliphatic carbocycles. The Bertz CT molecular complexity index is 621. The molecular formula is C17H27N3OS. The van der Waals surface area contributed by atoms with Gasteiger partial charge in [0.15, 0.2) is 0 Å². The van der Waals surface area contributed by atoms with Gasteiger partial charge in [0.2, 0.25) is 0 Å². The lowest BCUT2D eigenvalue weighted by atomic mass is 10.0. The highest BCUT2D eigenvalue weighted by Gasteiger charge is 2.25. The van der Waals surface area contributed by atoms with E-state index in [1.165, 1.54) is 11.3 Å². The molecule has 22 heavy (non-hydrogen) atoms. The lowest BCUT2D eigenvalue weighted by Crippen LogP contribution is -2.34. The molecule has 0 spiro atoms. The van der Waals surface area contributed by atoms with E-state index in [9.17, 15) is 5.11 Å². The minimum atomic E-state index is -0.837. The highest BCUT2D eigenvalue weighted by molar-refractivity contribution is 7.10. The van der Waals surface area contributed by atoms with Crippen LogP contribution in [0.2, 0.25) is 0 Å². The van der Waals surface area contributed by atoms with Crippen molar-refractivity contribution in [1.29, 1.82) is 0 Å². The van der Waals surface area contributed by atoms with E-state index in [0.717, 1.165) is 17.1 Å². The van der Waals surface area contributed by atoms with Crippen LogP contribution in [0.15, 0.2) is 17.5 Å². The van der Waals surface area contributed by atoms with Crippen molar-refractivity contribution in [3.8, 4) is 0 Å². The molecule has 0 aromatic carbocycles. The first-order valence-corrected chi connectivity index (χ1v) is 8.53. The molecule has 0 radical (unpaired) electrons. The van der Waals surface area contributed by atoms with Crippen LogP contribution in [0.1, 0.15) is 49.5 Å². The van der Waals surface area contributed by atoms with Crippen molar-refractivity contribution < 1.29 is 5.11 Å². The quantitative estimate of drug-likeness (QED) is 0.888. The molecule has 0 amide bonds. The third kappa shape index (κ3) is 3.59. The van der Waals surface area contributed by atoms with E-state index in [0.29, 0.717) is 6.54 Å². The zero-order chi connectivity index (χ0) is 16.5. The van der Waals surface area contributed by atoms with E-state index in [1.54, 1.807) is 11.3 Å². The number of hydrogen-bond acceptors (Lipinski definition) is 4. The van der Waals surface area contributed by atoms with Crippen LogP contribution in [0.25, 0.3) is 0 Å². The van der Waals surface area contributed by atoms with Gasteiger partial charge in [-0.1, -0.05) is 6.07 Å². The number of thiophene rings is 1. The molecule has 0 aliphatic heterocycles. The first kappa shape index (κ1) is 17.2. The summed E-state index contributed by atoms with van der Waals surface area (Å²) in [6, 6.07) is 3.94. The molecule has 2 rings (SSSR count). The number of aromatic nitrogens is 2. The summed E-state index contributed by atoms with van der Waals surface area (Å²) >= 11 is 1.58. The number of rotatable bonds is 5. The fourth-order valence-electron chi connectivity index (χ4n) is 2.69. The van der Waals surface area contributed by atoms with Gasteiger partial charge in [-0.3, -0.25) is 4.68 Å². The third-order valence-electron chi connectivity index (χ3n) is 3.90. The van der Waals surface area contributed by atoms with Gasteiger partial charge in [0.05, 0.1) is 11.2 Å². The van der Waals surface area contributed by atoms with Crippen molar-refractivity contribution in [2.75, 3.05) is 6.54 Å². The molecule has 1 unspecified atom stereocenters. The van der Waals surface area contributed by atoms with Crippen molar-refractivity contribution >= 4 is 11.3 Å². The molecule has 0 bridgehead atoms. The number of nitrogens with zero attached hydrogens (tertiary/aromatic N) is 2. The van der Waals surface area contributed by atoms with Gasteiger partial charge in [-0.15, -0.1) is 11.3 Å². The van der Waals surface area contributed by atoms with Crippen LogP contribution in [0.4, 0.5) is 0 Å². The summed E-state index contributed by atoms with van der Waals surface area (Å²) in [6.45, 7) is 13.7. The Morgan fingerprint density at radius 1 is 1.27 bits per heavy atom. The molecule has 5 heteroatoms. The van der Waals surface area contributed by atoms with Crippen LogP contribution < -0.4 is 5.32 Å². The second-order valence-corrected chi connectivity index (χ2v) is 8.03. The largest absolute Gasteiger partial charge is 0.383 e. The fraction of sp³-hybridized carbons (Fsp3) is 0.588. The molecule has 2 N–H and O–H groups in total. The van der Waals surface area contributed by atoms with Crippen LogP contribution in [-0.4, -0.2) is 21.4 Å². The predicted molar refractivity (Wildman–Crippen MR) is 92.3 cm³/mol. The van der Waals surface area contributed by atoms with E-state index >= 15 is 0 Å². The van der Waals surface area contributed by atoms with Gasteiger partial charge in [0.25, 0.3) is 0 Å². The molecular weight excluding hydrogens is 294 g/mol. The van der Waals surface area contributed by atoms with Crippen molar-refractivity contribution in [1.82, 2.24) is 15.1 Å². The Labute approximate surface area is 137 Å². The average molecular weight is 321 g/mol. The van der Waals surface area contributed by atoms with Gasteiger partial charge in [0, 0.05) is 29.2 Å². The van der Waals surface area contributed by atoms with Crippen molar-refractivity contribution in [3.63, 3.8) is 0 Å². The highest BCUT2D eigenvalue weighted by atomic mass is 32.1. The summed E-state index contributed by atoms with van der Waals surface area (Å²) in [6.07, 6.45) is 0. The molecule has 0 saturated carbocycles. The standard InChI is InChI=1S/C17H27N3OS/c1-12-14(13(2)20(19-12)16(3,4)5)10-18-11-17(6,21)15-8-7-9-22-15/h7-9,18,21H,10-11H2,1-6H3. The van der Waals surface area contributed by atoms with E-state index in [1.807, 2.05) is 31.4 Å². The number of aliphatic hydroxyl groups is 1. The van der Waals surface area contributed by atoms with Crippen molar-refractivity contribution in [2.45, 2.75) is 59.2 Å². The first-order chi connectivity index (χ1) is 10.1. The zero-order valence-corrected chi connectivity index (χ0v) is 15.2. The highest BCUT2D eigenvalue weighted by Crippen LogP contribution is 2.25. The zero-order valence-electron chi connectivity index (χ0n) is 14.4. The molecule has 4 nitrogen and oxygen atoms in total. The summed E-state index contributed by atoms with van der Waals surface area (Å²) in [5.74, 6) is 0. The van der Waals surface area contributed by atoms with Crippen LogP contribution in [-0.2, 0) is 17.7 Å². The maximum atomic E-state index is 10.6. The van der Waals surface area contributed by atoms with Gasteiger partial charge >= 0.3 is 0 Å². The Kier molecular flexibility index (Phi) is 4.80. The normalized spacial score (nSPS) is 15.0.